The van der Waals surface area contributed by atoms with Crippen LogP contribution in [-0.4, -0.2) is 18.6 Å². The first-order valence-corrected chi connectivity index (χ1v) is 5.97. The van der Waals surface area contributed by atoms with Crippen molar-refractivity contribution in [2.24, 2.45) is 0 Å². The topological polar surface area (TPSA) is 42.1 Å². The van der Waals surface area contributed by atoms with E-state index in [1.54, 1.807) is 6.20 Å². The second-order valence-corrected chi connectivity index (χ2v) is 4.65. The van der Waals surface area contributed by atoms with Crippen LogP contribution in [0.1, 0.15) is 6.92 Å². The zero-order chi connectivity index (χ0) is 11.7. The minimum Gasteiger partial charge on any atom is -0.398 e. The molecule has 0 bridgehead atoms. The fraction of sp³-hybridized carbons (Fsp3) is 0.250. The van der Waals surface area contributed by atoms with E-state index in [1.165, 1.54) is 0 Å². The second-order valence-electron chi connectivity index (χ2n) is 3.74. The number of hydrogen-bond acceptors (Lipinski definition) is 3. The van der Waals surface area contributed by atoms with Gasteiger partial charge in [-0.05, 0) is 41.1 Å². The Labute approximate surface area is 103 Å². The third-order valence-corrected chi connectivity index (χ3v) is 3.15. The van der Waals surface area contributed by atoms with Gasteiger partial charge in [-0.15, -0.1) is 0 Å². The number of rotatable bonds is 2. The minimum absolute atomic E-state index is 0.761. The molecule has 3 nitrogen and oxygen atoms in total. The Morgan fingerprint density at radius 1 is 1.44 bits per heavy atom. The maximum absolute atomic E-state index is 5.96. The number of nitrogen functional groups attached to an aromatic ring is 1. The van der Waals surface area contributed by atoms with Crippen LogP contribution in [0, 0.1) is 0 Å². The molecule has 16 heavy (non-hydrogen) atoms. The molecule has 4 heteroatoms. The summed E-state index contributed by atoms with van der Waals surface area (Å²) in [5.41, 5.74) is 8.78. The van der Waals surface area contributed by atoms with Gasteiger partial charge in [-0.25, -0.2) is 0 Å². The van der Waals surface area contributed by atoms with Crippen LogP contribution < -0.4 is 10.6 Å². The van der Waals surface area contributed by atoms with Gasteiger partial charge in [0, 0.05) is 35.3 Å². The van der Waals surface area contributed by atoms with Crippen LogP contribution in [0.4, 0.5) is 11.4 Å². The summed E-state index contributed by atoms with van der Waals surface area (Å²) >= 11 is 3.41. The molecular formula is C12H14BrN3. The Morgan fingerprint density at radius 3 is 2.88 bits per heavy atom. The van der Waals surface area contributed by atoms with Crippen molar-refractivity contribution in [2.45, 2.75) is 6.92 Å². The highest BCUT2D eigenvalue weighted by Crippen LogP contribution is 2.30. The van der Waals surface area contributed by atoms with Crippen molar-refractivity contribution in [3.8, 4) is 0 Å². The molecule has 1 aromatic heterocycles. The van der Waals surface area contributed by atoms with Crippen LogP contribution in [0.2, 0.25) is 0 Å². The van der Waals surface area contributed by atoms with E-state index in [4.69, 9.17) is 5.73 Å². The molecule has 0 aliphatic heterocycles. The van der Waals surface area contributed by atoms with E-state index in [2.05, 4.69) is 39.8 Å². The summed E-state index contributed by atoms with van der Waals surface area (Å²) in [6, 6.07) is 5.95. The van der Waals surface area contributed by atoms with Crippen molar-refractivity contribution < 1.29 is 0 Å². The van der Waals surface area contributed by atoms with Crippen LogP contribution in [0.25, 0.3) is 10.9 Å². The quantitative estimate of drug-likeness (QED) is 0.860. The van der Waals surface area contributed by atoms with Crippen LogP contribution >= 0.6 is 15.9 Å². The first-order valence-electron chi connectivity index (χ1n) is 5.18. The van der Waals surface area contributed by atoms with Gasteiger partial charge < -0.3 is 10.6 Å². The summed E-state index contributed by atoms with van der Waals surface area (Å²) in [4.78, 5) is 6.60. The molecule has 84 valence electrons. The number of nitrogens with two attached hydrogens (primary N) is 1. The Balaban J connectivity index is 2.74. The minimum atomic E-state index is 0.761. The molecule has 2 N–H and O–H groups in total. The van der Waals surface area contributed by atoms with Gasteiger partial charge >= 0.3 is 0 Å². The standard InChI is InChI=1S/C12H14BrN3/c1-3-16(2)11-5-4-10(14)9-6-8(13)7-15-12(9)11/h4-7H,3,14H2,1-2H3. The Morgan fingerprint density at radius 2 is 2.19 bits per heavy atom. The zero-order valence-electron chi connectivity index (χ0n) is 9.37. The first kappa shape index (κ1) is 11.2. The Hall–Kier alpha value is -1.29. The molecular weight excluding hydrogens is 266 g/mol. The van der Waals surface area contributed by atoms with Gasteiger partial charge in [0.1, 0.15) is 0 Å². The molecule has 0 fully saturated rings. The third kappa shape index (κ3) is 1.85. The molecule has 2 aromatic rings. The highest BCUT2D eigenvalue weighted by molar-refractivity contribution is 9.10. The number of nitrogens with zero attached hydrogens (tertiary/aromatic N) is 2. The van der Waals surface area contributed by atoms with Crippen LogP contribution in [0.3, 0.4) is 0 Å². The highest BCUT2D eigenvalue weighted by Gasteiger charge is 2.08. The number of aromatic nitrogens is 1. The van der Waals surface area contributed by atoms with Gasteiger partial charge in [0.15, 0.2) is 0 Å². The smallest absolute Gasteiger partial charge is 0.0956 e. The lowest BCUT2D eigenvalue weighted by Gasteiger charge is -2.19. The number of fused-ring (bicyclic) bond motifs is 1. The third-order valence-electron chi connectivity index (χ3n) is 2.71. The normalized spacial score (nSPS) is 10.7. The lowest BCUT2D eigenvalue weighted by molar-refractivity contribution is 0.971. The molecule has 0 unspecified atom stereocenters. The monoisotopic (exact) mass is 279 g/mol. The molecule has 0 aliphatic carbocycles. The Kier molecular flexibility index (Phi) is 3.01. The number of anilines is 2. The van der Waals surface area contributed by atoms with Crippen LogP contribution in [0.15, 0.2) is 28.9 Å². The molecule has 0 atom stereocenters. The van der Waals surface area contributed by atoms with E-state index in [-0.39, 0.29) is 0 Å². The Bertz CT molecular complexity index is 525. The maximum Gasteiger partial charge on any atom is 0.0956 e. The van der Waals surface area contributed by atoms with E-state index in [9.17, 15) is 0 Å². The summed E-state index contributed by atoms with van der Waals surface area (Å²) in [6.07, 6.45) is 1.80. The van der Waals surface area contributed by atoms with Crippen molar-refractivity contribution in [3.05, 3.63) is 28.9 Å². The second kappa shape index (κ2) is 4.29. The number of hydrogen-bond donors (Lipinski definition) is 1. The van der Waals surface area contributed by atoms with Gasteiger partial charge in [-0.3, -0.25) is 4.98 Å². The molecule has 2 rings (SSSR count). The van der Waals surface area contributed by atoms with Crippen molar-refractivity contribution >= 4 is 38.2 Å². The van der Waals surface area contributed by atoms with Gasteiger partial charge in [0.25, 0.3) is 0 Å². The maximum atomic E-state index is 5.96. The largest absolute Gasteiger partial charge is 0.398 e. The molecule has 0 saturated heterocycles. The summed E-state index contributed by atoms with van der Waals surface area (Å²) in [5, 5.41) is 0.993. The summed E-state index contributed by atoms with van der Waals surface area (Å²) in [5.74, 6) is 0. The number of pyridine rings is 1. The lowest BCUT2D eigenvalue weighted by Crippen LogP contribution is -2.16. The van der Waals surface area contributed by atoms with E-state index in [0.29, 0.717) is 0 Å². The SMILES string of the molecule is CCN(C)c1ccc(N)c2cc(Br)cnc12. The average Bonchev–Trinajstić information content (AvgIpc) is 2.29. The van der Waals surface area contributed by atoms with Crippen molar-refractivity contribution in [1.82, 2.24) is 4.98 Å². The zero-order valence-corrected chi connectivity index (χ0v) is 11.0. The molecule has 0 amide bonds. The van der Waals surface area contributed by atoms with E-state index < -0.39 is 0 Å². The summed E-state index contributed by atoms with van der Waals surface area (Å²) < 4.78 is 0.947. The highest BCUT2D eigenvalue weighted by atomic mass is 79.9. The number of halogens is 1. The van der Waals surface area contributed by atoms with Gasteiger partial charge in [0.2, 0.25) is 0 Å². The van der Waals surface area contributed by atoms with Gasteiger partial charge in [-0.1, -0.05) is 0 Å². The fourth-order valence-corrected chi connectivity index (χ4v) is 2.01. The van der Waals surface area contributed by atoms with Gasteiger partial charge in [-0.2, -0.15) is 0 Å². The molecule has 0 spiro atoms. The average molecular weight is 280 g/mol. The predicted octanol–water partition coefficient (Wildman–Crippen LogP) is 3.04. The van der Waals surface area contributed by atoms with E-state index in [0.717, 1.165) is 33.3 Å². The lowest BCUT2D eigenvalue weighted by atomic mass is 10.1. The molecule has 1 aromatic carbocycles. The van der Waals surface area contributed by atoms with Crippen molar-refractivity contribution in [3.63, 3.8) is 0 Å². The van der Waals surface area contributed by atoms with Crippen molar-refractivity contribution in [1.29, 1.82) is 0 Å². The predicted molar refractivity (Wildman–Crippen MR) is 72.8 cm³/mol. The molecule has 0 saturated carbocycles. The van der Waals surface area contributed by atoms with E-state index in [1.807, 2.05) is 18.2 Å². The summed E-state index contributed by atoms with van der Waals surface area (Å²) in [6.45, 7) is 3.05. The molecule has 1 heterocycles. The van der Waals surface area contributed by atoms with Crippen LogP contribution in [-0.2, 0) is 0 Å². The number of benzene rings is 1. The fourth-order valence-electron chi connectivity index (χ4n) is 1.68. The van der Waals surface area contributed by atoms with Crippen molar-refractivity contribution in [2.75, 3.05) is 24.2 Å². The molecule has 0 aliphatic rings. The van der Waals surface area contributed by atoms with Crippen LogP contribution in [0.5, 0.6) is 0 Å². The first-order chi connectivity index (χ1) is 7.63. The molecule has 0 radical (unpaired) electrons. The summed E-state index contributed by atoms with van der Waals surface area (Å²) in [7, 11) is 2.05. The van der Waals surface area contributed by atoms with E-state index >= 15 is 0 Å². The van der Waals surface area contributed by atoms with Gasteiger partial charge in [0.05, 0.1) is 11.2 Å².